The highest BCUT2D eigenvalue weighted by atomic mass is 16.5. The summed E-state index contributed by atoms with van der Waals surface area (Å²) in [5.41, 5.74) is 0.0624. The minimum atomic E-state index is -1.65. The van der Waals surface area contributed by atoms with Crippen LogP contribution in [0.15, 0.2) is 35.6 Å². The number of hydrogen-bond acceptors (Lipinski definition) is 7. The number of nitrogens with one attached hydrogen (secondary N) is 3. The Morgan fingerprint density at radius 2 is 2.12 bits per heavy atom. The summed E-state index contributed by atoms with van der Waals surface area (Å²) < 4.78 is 10.2. The number of nitrogens with zero attached hydrogens (tertiary/aromatic N) is 2. The van der Waals surface area contributed by atoms with Crippen LogP contribution >= 0.6 is 0 Å². The molecule has 1 saturated heterocycles. The van der Waals surface area contributed by atoms with Crippen molar-refractivity contribution in [1.29, 1.82) is 0 Å². The van der Waals surface area contributed by atoms with Gasteiger partial charge < -0.3 is 25.0 Å². The van der Waals surface area contributed by atoms with Crippen LogP contribution in [0, 0.1) is 11.8 Å². The Morgan fingerprint density at radius 1 is 1.33 bits per heavy atom. The third-order valence-electron chi connectivity index (χ3n) is 5.09. The second-order valence-electron chi connectivity index (χ2n) is 7.27. The van der Waals surface area contributed by atoms with Crippen molar-refractivity contribution in [1.82, 2.24) is 20.5 Å². The number of methoxy groups -OCH3 is 2. The number of anilines is 1. The normalized spacial score (nSPS) is 20.0. The molecule has 2 aliphatic rings. The van der Waals surface area contributed by atoms with Gasteiger partial charge in [0.05, 0.1) is 20.3 Å². The number of amides is 5. The van der Waals surface area contributed by atoms with Crippen molar-refractivity contribution in [3.8, 4) is 17.6 Å². The zero-order chi connectivity index (χ0) is 24.0. The van der Waals surface area contributed by atoms with E-state index < -0.39 is 17.5 Å². The molecule has 3 heterocycles. The number of carbonyl (C=O) groups excluding carboxylic acids is 4. The van der Waals surface area contributed by atoms with Crippen molar-refractivity contribution < 1.29 is 28.7 Å². The molecule has 5 amide bonds. The quantitative estimate of drug-likeness (QED) is 0.285. The molecular formula is C22H23N5O6. The average Bonchev–Trinajstić information content (AvgIpc) is 3.22. The lowest BCUT2D eigenvalue weighted by Crippen LogP contribution is -2.55. The minimum Gasteiger partial charge on any atom is -0.493 e. The SMILES string of the molecule is COC/C=C\C1=C(C)C(=O)N(C[C@@]2(C#Cc3cnc(NC=O)c(OC)c3)NC(=O)NC2=O)C1. The lowest BCUT2D eigenvalue weighted by atomic mass is 9.99. The predicted molar refractivity (Wildman–Crippen MR) is 117 cm³/mol. The third-order valence-corrected chi connectivity index (χ3v) is 5.09. The number of ether oxygens (including phenoxy) is 2. The van der Waals surface area contributed by atoms with Gasteiger partial charge in [0.2, 0.25) is 17.9 Å². The number of urea groups is 1. The van der Waals surface area contributed by atoms with Crippen LogP contribution in [0.1, 0.15) is 12.5 Å². The highest BCUT2D eigenvalue weighted by Gasteiger charge is 2.48. The first kappa shape index (κ1) is 23.5. The molecule has 0 radical (unpaired) electrons. The Labute approximate surface area is 190 Å². The highest BCUT2D eigenvalue weighted by Crippen LogP contribution is 2.24. The molecule has 0 bridgehead atoms. The number of pyridine rings is 1. The molecule has 11 nitrogen and oxygen atoms in total. The largest absolute Gasteiger partial charge is 0.493 e. The molecule has 0 aliphatic carbocycles. The standard InChI is InChI=1S/C22H23N5O6/c1-14-16(5-4-8-32-2)11-27(19(14)29)12-22(20(30)25-21(31)26-22)7-6-15-9-17(33-3)18(23-10-15)24-13-28/h4-5,9-10,13H,8,11-12H2,1-3H3,(H,23,24,28)(H2,25,26,30,31)/b5-4-/t22-/m1/s1. The molecule has 11 heteroatoms. The molecule has 3 N–H and O–H groups in total. The second-order valence-corrected chi connectivity index (χ2v) is 7.27. The maximum absolute atomic E-state index is 12.8. The summed E-state index contributed by atoms with van der Waals surface area (Å²) in [6.45, 7) is 2.22. The lowest BCUT2D eigenvalue weighted by molar-refractivity contribution is -0.128. The summed E-state index contributed by atoms with van der Waals surface area (Å²) in [6, 6.07) is 0.826. The Balaban J connectivity index is 1.88. The van der Waals surface area contributed by atoms with Gasteiger partial charge >= 0.3 is 6.03 Å². The first-order chi connectivity index (χ1) is 15.8. The van der Waals surface area contributed by atoms with E-state index in [1.54, 1.807) is 26.2 Å². The Kier molecular flexibility index (Phi) is 7.10. The summed E-state index contributed by atoms with van der Waals surface area (Å²) in [6.07, 6.45) is 5.44. The Bertz CT molecular complexity index is 1120. The highest BCUT2D eigenvalue weighted by molar-refractivity contribution is 6.10. The lowest BCUT2D eigenvalue weighted by Gasteiger charge is -2.26. The van der Waals surface area contributed by atoms with Crippen molar-refractivity contribution in [2.24, 2.45) is 0 Å². The molecule has 0 aromatic carbocycles. The van der Waals surface area contributed by atoms with Crippen LogP contribution in [0.2, 0.25) is 0 Å². The van der Waals surface area contributed by atoms with E-state index in [1.165, 1.54) is 24.3 Å². The Hall–Kier alpha value is -4.17. The fourth-order valence-corrected chi connectivity index (χ4v) is 3.39. The Morgan fingerprint density at radius 3 is 2.76 bits per heavy atom. The van der Waals surface area contributed by atoms with E-state index in [0.29, 0.717) is 24.2 Å². The van der Waals surface area contributed by atoms with Gasteiger partial charge in [-0.05, 0) is 12.5 Å². The van der Waals surface area contributed by atoms with E-state index in [4.69, 9.17) is 9.47 Å². The first-order valence-electron chi connectivity index (χ1n) is 9.89. The summed E-state index contributed by atoms with van der Waals surface area (Å²) in [5.74, 6) is 5.16. The topological polar surface area (TPSA) is 139 Å². The van der Waals surface area contributed by atoms with Crippen LogP contribution in [-0.2, 0) is 19.1 Å². The molecule has 172 valence electrons. The van der Waals surface area contributed by atoms with Crippen molar-refractivity contribution in [3.05, 3.63) is 41.1 Å². The number of carbonyl (C=O) groups is 4. The average molecular weight is 453 g/mol. The van der Waals surface area contributed by atoms with Crippen LogP contribution in [0.4, 0.5) is 10.6 Å². The van der Waals surface area contributed by atoms with E-state index in [9.17, 15) is 19.2 Å². The van der Waals surface area contributed by atoms with Gasteiger partial charge in [0.1, 0.15) is 0 Å². The molecule has 1 atom stereocenters. The zero-order valence-electron chi connectivity index (χ0n) is 18.4. The first-order valence-corrected chi connectivity index (χ1v) is 9.89. The fourth-order valence-electron chi connectivity index (χ4n) is 3.39. The van der Waals surface area contributed by atoms with Gasteiger partial charge in [-0.25, -0.2) is 9.78 Å². The molecule has 1 fully saturated rings. The third kappa shape index (κ3) is 5.02. The number of imide groups is 1. The van der Waals surface area contributed by atoms with Crippen molar-refractivity contribution in [2.75, 3.05) is 39.2 Å². The summed E-state index contributed by atoms with van der Waals surface area (Å²) in [4.78, 5) is 53.6. The van der Waals surface area contributed by atoms with Gasteiger partial charge in [0.25, 0.3) is 5.91 Å². The van der Waals surface area contributed by atoms with Gasteiger partial charge in [-0.1, -0.05) is 24.0 Å². The molecule has 1 aromatic heterocycles. The van der Waals surface area contributed by atoms with Crippen LogP contribution in [0.5, 0.6) is 5.75 Å². The van der Waals surface area contributed by atoms with E-state index in [0.717, 1.165) is 5.57 Å². The van der Waals surface area contributed by atoms with Crippen LogP contribution in [0.25, 0.3) is 0 Å². The zero-order valence-corrected chi connectivity index (χ0v) is 18.4. The number of rotatable bonds is 8. The maximum Gasteiger partial charge on any atom is 0.323 e. The summed E-state index contributed by atoms with van der Waals surface area (Å²) in [5, 5.41) is 7.13. The minimum absolute atomic E-state index is 0.148. The van der Waals surface area contributed by atoms with E-state index in [1.807, 2.05) is 0 Å². The van der Waals surface area contributed by atoms with Gasteiger partial charge in [-0.15, -0.1) is 0 Å². The van der Waals surface area contributed by atoms with E-state index in [2.05, 4.69) is 32.8 Å². The molecule has 3 rings (SSSR count). The molecule has 33 heavy (non-hydrogen) atoms. The van der Waals surface area contributed by atoms with Gasteiger partial charge in [-0.2, -0.15) is 0 Å². The van der Waals surface area contributed by atoms with Gasteiger partial charge in [0, 0.05) is 37.1 Å². The monoisotopic (exact) mass is 453 g/mol. The van der Waals surface area contributed by atoms with Gasteiger partial charge in [-0.3, -0.25) is 19.7 Å². The predicted octanol–water partition coefficient (Wildman–Crippen LogP) is -0.0505. The summed E-state index contributed by atoms with van der Waals surface area (Å²) >= 11 is 0. The van der Waals surface area contributed by atoms with E-state index >= 15 is 0 Å². The molecular weight excluding hydrogens is 430 g/mol. The van der Waals surface area contributed by atoms with Crippen LogP contribution < -0.4 is 20.7 Å². The van der Waals surface area contributed by atoms with Crippen LogP contribution in [-0.4, -0.2) is 73.6 Å². The fraction of sp³-hybridized carbons (Fsp3) is 0.318. The smallest absolute Gasteiger partial charge is 0.323 e. The maximum atomic E-state index is 12.8. The van der Waals surface area contributed by atoms with Crippen molar-refractivity contribution in [3.63, 3.8) is 0 Å². The number of hydrogen-bond donors (Lipinski definition) is 3. The van der Waals surface area contributed by atoms with Crippen LogP contribution in [0.3, 0.4) is 0 Å². The molecule has 1 aromatic rings. The molecule has 0 saturated carbocycles. The second kappa shape index (κ2) is 9.97. The summed E-state index contributed by atoms with van der Waals surface area (Å²) in [7, 11) is 2.97. The molecule has 0 spiro atoms. The van der Waals surface area contributed by atoms with E-state index in [-0.39, 0.29) is 30.6 Å². The van der Waals surface area contributed by atoms with Gasteiger partial charge in [0.15, 0.2) is 11.6 Å². The number of aromatic nitrogens is 1. The molecule has 2 aliphatic heterocycles. The van der Waals surface area contributed by atoms with Crippen molar-refractivity contribution in [2.45, 2.75) is 12.5 Å². The van der Waals surface area contributed by atoms with Crippen molar-refractivity contribution >= 4 is 30.1 Å². The molecule has 0 unspecified atom stereocenters.